The number of hydrogen-bond acceptors (Lipinski definition) is 5. The van der Waals surface area contributed by atoms with Gasteiger partial charge in [0.25, 0.3) is 0 Å². The monoisotopic (exact) mass is 376 g/mol. The van der Waals surface area contributed by atoms with Crippen molar-refractivity contribution in [3.63, 3.8) is 0 Å². The molecule has 0 saturated carbocycles. The molecule has 1 aliphatic rings. The maximum absolute atomic E-state index is 5.83. The van der Waals surface area contributed by atoms with Crippen LogP contribution in [0.25, 0.3) is 0 Å². The Bertz CT molecular complexity index is 680. The van der Waals surface area contributed by atoms with Crippen molar-refractivity contribution in [1.82, 2.24) is 25.3 Å². The van der Waals surface area contributed by atoms with Gasteiger partial charge in [-0.05, 0) is 25.0 Å². The summed E-state index contributed by atoms with van der Waals surface area (Å²) in [7, 11) is 0. The van der Waals surface area contributed by atoms with Crippen LogP contribution < -0.4 is 5.32 Å². The van der Waals surface area contributed by atoms with Crippen LogP contribution in [-0.4, -0.2) is 65.2 Å². The average Bonchev–Trinajstić information content (AvgIpc) is 3.16. The Labute approximate surface area is 159 Å². The van der Waals surface area contributed by atoms with Gasteiger partial charge in [-0.15, -0.1) is 0 Å². The second-order valence-electron chi connectivity index (χ2n) is 6.23. The highest BCUT2D eigenvalue weighted by Gasteiger charge is 2.20. The van der Waals surface area contributed by atoms with Crippen molar-refractivity contribution in [2.24, 2.45) is 4.99 Å². The molecule has 0 bridgehead atoms. The molecule has 0 spiro atoms. The molecule has 3 rings (SSSR count). The lowest BCUT2D eigenvalue weighted by molar-refractivity contribution is 0.169. The van der Waals surface area contributed by atoms with Gasteiger partial charge in [0.1, 0.15) is 11.4 Å². The van der Waals surface area contributed by atoms with Gasteiger partial charge in [0, 0.05) is 58.1 Å². The fraction of sp³-hybridized carbons (Fsp3) is 0.500. The number of aromatic nitrogens is 2. The van der Waals surface area contributed by atoms with Gasteiger partial charge in [0.15, 0.2) is 5.96 Å². The van der Waals surface area contributed by atoms with Gasteiger partial charge in [0.05, 0.1) is 5.69 Å². The third-order valence-electron chi connectivity index (χ3n) is 4.33. The molecule has 3 heterocycles. The van der Waals surface area contributed by atoms with Crippen molar-refractivity contribution < 1.29 is 4.52 Å². The molecule has 0 atom stereocenters. The zero-order valence-corrected chi connectivity index (χ0v) is 15.8. The molecule has 1 aliphatic heterocycles. The first kappa shape index (κ1) is 18.7. The highest BCUT2D eigenvalue weighted by atomic mass is 35.5. The van der Waals surface area contributed by atoms with Crippen LogP contribution in [0.15, 0.2) is 40.2 Å². The average molecular weight is 377 g/mol. The van der Waals surface area contributed by atoms with E-state index in [1.807, 2.05) is 24.4 Å². The van der Waals surface area contributed by atoms with Crippen molar-refractivity contribution >= 4 is 17.6 Å². The number of pyridine rings is 1. The first-order chi connectivity index (χ1) is 12.7. The highest BCUT2D eigenvalue weighted by molar-refractivity contribution is 6.29. The summed E-state index contributed by atoms with van der Waals surface area (Å²) in [4.78, 5) is 13.6. The van der Waals surface area contributed by atoms with Gasteiger partial charge in [-0.3, -0.25) is 9.89 Å². The van der Waals surface area contributed by atoms with Gasteiger partial charge in [-0.1, -0.05) is 22.8 Å². The summed E-state index contributed by atoms with van der Waals surface area (Å²) in [5.41, 5.74) is 2.13. The number of halogens is 1. The molecule has 8 heteroatoms. The Hall–Kier alpha value is -2.12. The SMILES string of the molecule is CCNC(=NCCc1ccc(Cl)nc1)N1CCN(Cc2ccon2)CC1. The first-order valence-electron chi connectivity index (χ1n) is 9.00. The lowest BCUT2D eigenvalue weighted by atomic mass is 10.2. The van der Waals surface area contributed by atoms with Gasteiger partial charge in [-0.25, -0.2) is 4.98 Å². The summed E-state index contributed by atoms with van der Waals surface area (Å²) >= 11 is 5.83. The zero-order chi connectivity index (χ0) is 18.2. The molecule has 26 heavy (non-hydrogen) atoms. The van der Waals surface area contributed by atoms with Crippen LogP contribution in [0, 0.1) is 0 Å². The summed E-state index contributed by atoms with van der Waals surface area (Å²) in [5, 5.41) is 7.91. The summed E-state index contributed by atoms with van der Waals surface area (Å²) in [5.74, 6) is 0.982. The summed E-state index contributed by atoms with van der Waals surface area (Å²) in [6.07, 6.45) is 4.29. The van der Waals surface area contributed by atoms with Crippen molar-refractivity contribution in [3.8, 4) is 0 Å². The number of nitrogens with one attached hydrogen (secondary N) is 1. The smallest absolute Gasteiger partial charge is 0.194 e. The second-order valence-corrected chi connectivity index (χ2v) is 6.62. The van der Waals surface area contributed by atoms with E-state index in [2.05, 4.69) is 32.2 Å². The fourth-order valence-corrected chi connectivity index (χ4v) is 3.05. The lowest BCUT2D eigenvalue weighted by Crippen LogP contribution is -2.52. The molecule has 0 aliphatic carbocycles. The van der Waals surface area contributed by atoms with E-state index in [1.54, 1.807) is 6.26 Å². The Balaban J connectivity index is 1.50. The van der Waals surface area contributed by atoms with Crippen molar-refractivity contribution in [3.05, 3.63) is 47.1 Å². The predicted octanol–water partition coefficient (Wildman–Crippen LogP) is 2.05. The van der Waals surface area contributed by atoms with Crippen molar-refractivity contribution in [2.45, 2.75) is 19.9 Å². The van der Waals surface area contributed by atoms with Crippen LogP contribution in [0.2, 0.25) is 5.15 Å². The molecule has 0 aromatic carbocycles. The normalized spacial score (nSPS) is 16.1. The number of piperazine rings is 1. The van der Waals surface area contributed by atoms with E-state index in [4.69, 9.17) is 21.1 Å². The van der Waals surface area contributed by atoms with Gasteiger partial charge < -0.3 is 14.7 Å². The molecule has 1 saturated heterocycles. The molecule has 0 amide bonds. The van der Waals surface area contributed by atoms with Crippen LogP contribution in [-0.2, 0) is 13.0 Å². The molecular formula is C18H25ClN6O. The lowest BCUT2D eigenvalue weighted by Gasteiger charge is -2.36. The van der Waals surface area contributed by atoms with E-state index in [1.165, 1.54) is 0 Å². The van der Waals surface area contributed by atoms with E-state index in [0.717, 1.165) is 69.5 Å². The third-order valence-corrected chi connectivity index (χ3v) is 4.56. The molecule has 7 nitrogen and oxygen atoms in total. The molecule has 2 aromatic rings. The van der Waals surface area contributed by atoms with E-state index >= 15 is 0 Å². The van der Waals surface area contributed by atoms with Crippen LogP contribution in [0.4, 0.5) is 0 Å². The van der Waals surface area contributed by atoms with E-state index < -0.39 is 0 Å². The minimum absolute atomic E-state index is 0.522. The Morgan fingerprint density at radius 3 is 2.77 bits per heavy atom. The predicted molar refractivity (Wildman–Crippen MR) is 102 cm³/mol. The molecular weight excluding hydrogens is 352 g/mol. The van der Waals surface area contributed by atoms with Crippen molar-refractivity contribution in [1.29, 1.82) is 0 Å². The third kappa shape index (κ3) is 5.44. The summed E-state index contributed by atoms with van der Waals surface area (Å²) in [6, 6.07) is 5.74. The largest absolute Gasteiger partial charge is 0.364 e. The minimum atomic E-state index is 0.522. The fourth-order valence-electron chi connectivity index (χ4n) is 2.94. The molecule has 0 unspecified atom stereocenters. The number of rotatable bonds is 6. The number of nitrogens with zero attached hydrogens (tertiary/aromatic N) is 5. The van der Waals surface area contributed by atoms with Crippen LogP contribution in [0.3, 0.4) is 0 Å². The maximum atomic E-state index is 5.83. The van der Waals surface area contributed by atoms with Gasteiger partial charge >= 0.3 is 0 Å². The zero-order valence-electron chi connectivity index (χ0n) is 15.1. The topological polar surface area (TPSA) is 69.8 Å². The molecule has 0 radical (unpaired) electrons. The number of aliphatic imine (C=N–C) groups is 1. The van der Waals surface area contributed by atoms with Crippen LogP contribution >= 0.6 is 11.6 Å². The maximum Gasteiger partial charge on any atom is 0.194 e. The highest BCUT2D eigenvalue weighted by Crippen LogP contribution is 2.08. The number of guanidine groups is 1. The first-order valence-corrected chi connectivity index (χ1v) is 9.37. The van der Waals surface area contributed by atoms with E-state index in [0.29, 0.717) is 5.15 Å². The van der Waals surface area contributed by atoms with E-state index in [-0.39, 0.29) is 0 Å². The Morgan fingerprint density at radius 2 is 2.12 bits per heavy atom. The second kappa shape index (κ2) is 9.54. The molecule has 1 fully saturated rings. The number of hydrogen-bond donors (Lipinski definition) is 1. The van der Waals surface area contributed by atoms with E-state index in [9.17, 15) is 0 Å². The minimum Gasteiger partial charge on any atom is -0.364 e. The van der Waals surface area contributed by atoms with Gasteiger partial charge in [-0.2, -0.15) is 0 Å². The standard InChI is InChI=1S/C18H25ClN6O/c1-2-20-18(21-7-5-15-3-4-17(19)22-13-15)25-10-8-24(9-11-25)14-16-6-12-26-23-16/h3-4,6,12-13H,2,5,7-11,14H2,1H3,(H,20,21). The summed E-state index contributed by atoms with van der Waals surface area (Å²) in [6.45, 7) is 8.39. The van der Waals surface area contributed by atoms with Gasteiger partial charge in [0.2, 0.25) is 0 Å². The van der Waals surface area contributed by atoms with Crippen LogP contribution in [0.1, 0.15) is 18.2 Å². The molecule has 2 aromatic heterocycles. The Kier molecular flexibility index (Phi) is 6.85. The van der Waals surface area contributed by atoms with Crippen LogP contribution in [0.5, 0.6) is 0 Å². The Morgan fingerprint density at radius 1 is 1.27 bits per heavy atom. The molecule has 1 N–H and O–H groups in total. The van der Waals surface area contributed by atoms with Crippen molar-refractivity contribution in [2.75, 3.05) is 39.3 Å². The quantitative estimate of drug-likeness (QED) is 0.472. The summed E-state index contributed by atoms with van der Waals surface area (Å²) < 4.78 is 4.91. The molecule has 140 valence electrons.